The van der Waals surface area contributed by atoms with Gasteiger partial charge in [0.05, 0.1) is 0 Å². The molecule has 0 spiro atoms. The molecule has 5 N–H and O–H groups in total. The molecule has 0 bridgehead atoms. The first-order valence-corrected chi connectivity index (χ1v) is 1.55. The van der Waals surface area contributed by atoms with Crippen molar-refractivity contribution in [3.8, 4) is 0 Å². The molecule has 2 atom stereocenters. The normalized spacial score (nSPS) is 10.2. The summed E-state index contributed by atoms with van der Waals surface area (Å²) < 4.78 is 0. The van der Waals surface area contributed by atoms with E-state index in [2.05, 4.69) is 0 Å². The van der Waals surface area contributed by atoms with E-state index in [4.69, 9.17) is 10.2 Å². The molecular formula is C3H12NO3P. The Morgan fingerprint density at radius 3 is 1.75 bits per heavy atom. The summed E-state index contributed by atoms with van der Waals surface area (Å²) in [7, 11) is 0. The SMILES string of the molecule is CC(O)C(=O)O.N.P. The van der Waals surface area contributed by atoms with Gasteiger partial charge in [0, 0.05) is 0 Å². The Balaban J connectivity index is -0.000000125. The van der Waals surface area contributed by atoms with Crippen LogP contribution >= 0.6 is 9.90 Å². The minimum atomic E-state index is -1.23. The van der Waals surface area contributed by atoms with Crippen LogP contribution in [0.1, 0.15) is 6.92 Å². The van der Waals surface area contributed by atoms with Crippen molar-refractivity contribution in [3.63, 3.8) is 0 Å². The number of carboxylic acids is 1. The van der Waals surface area contributed by atoms with Gasteiger partial charge in [-0.25, -0.2) is 4.79 Å². The molecule has 0 aliphatic heterocycles. The monoisotopic (exact) mass is 141 g/mol. The molecule has 0 aromatic carbocycles. The summed E-state index contributed by atoms with van der Waals surface area (Å²) in [5.74, 6) is -1.19. The Hall–Kier alpha value is -0.180. The summed E-state index contributed by atoms with van der Waals surface area (Å²) in [6.45, 7) is 1.20. The van der Waals surface area contributed by atoms with Crippen molar-refractivity contribution in [1.82, 2.24) is 6.15 Å². The predicted molar refractivity (Wildman–Crippen MR) is 35.4 cm³/mol. The van der Waals surface area contributed by atoms with Crippen LogP contribution in [0, 0.1) is 0 Å². The Morgan fingerprint density at radius 1 is 1.62 bits per heavy atom. The second-order valence-corrected chi connectivity index (χ2v) is 1.01. The highest BCUT2D eigenvalue weighted by Crippen LogP contribution is 1.73. The molecule has 0 saturated carbocycles. The molecule has 0 aliphatic carbocycles. The van der Waals surface area contributed by atoms with Crippen LogP contribution in [-0.2, 0) is 4.79 Å². The van der Waals surface area contributed by atoms with Gasteiger partial charge in [0.1, 0.15) is 6.10 Å². The fourth-order valence-electron chi connectivity index (χ4n) is 0. The summed E-state index contributed by atoms with van der Waals surface area (Å²) in [5, 5.41) is 15.8. The van der Waals surface area contributed by atoms with Gasteiger partial charge < -0.3 is 16.4 Å². The summed E-state index contributed by atoms with van der Waals surface area (Å²) in [6.07, 6.45) is -1.23. The lowest BCUT2D eigenvalue weighted by Gasteiger charge is -1.89. The van der Waals surface area contributed by atoms with Crippen LogP contribution < -0.4 is 6.15 Å². The first-order valence-electron chi connectivity index (χ1n) is 1.55. The first-order chi connectivity index (χ1) is 2.64. The second kappa shape index (κ2) is 6.82. The van der Waals surface area contributed by atoms with E-state index in [-0.39, 0.29) is 16.0 Å². The van der Waals surface area contributed by atoms with Crippen molar-refractivity contribution in [2.75, 3.05) is 0 Å². The molecule has 5 heteroatoms. The van der Waals surface area contributed by atoms with E-state index in [1.165, 1.54) is 6.92 Å². The van der Waals surface area contributed by atoms with Crippen LogP contribution in [0.15, 0.2) is 0 Å². The summed E-state index contributed by atoms with van der Waals surface area (Å²) >= 11 is 0. The lowest BCUT2D eigenvalue weighted by atomic mass is 10.4. The van der Waals surface area contributed by atoms with Gasteiger partial charge in [-0.3, -0.25) is 0 Å². The fraction of sp³-hybridized carbons (Fsp3) is 0.667. The van der Waals surface area contributed by atoms with Gasteiger partial charge in [-0.2, -0.15) is 9.90 Å². The van der Waals surface area contributed by atoms with Gasteiger partial charge in [-0.05, 0) is 6.92 Å². The topological polar surface area (TPSA) is 92.5 Å². The molecule has 0 aliphatic rings. The highest BCUT2D eigenvalue weighted by molar-refractivity contribution is 6.92. The van der Waals surface area contributed by atoms with E-state index < -0.39 is 12.1 Å². The average Bonchev–Trinajstić information content (AvgIpc) is 1.36. The second-order valence-electron chi connectivity index (χ2n) is 1.01. The largest absolute Gasteiger partial charge is 0.479 e. The van der Waals surface area contributed by atoms with Crippen molar-refractivity contribution in [2.24, 2.45) is 0 Å². The number of rotatable bonds is 1. The molecule has 0 saturated heterocycles. The maximum atomic E-state index is 9.45. The van der Waals surface area contributed by atoms with E-state index in [0.29, 0.717) is 0 Å². The first kappa shape index (κ1) is 15.7. The number of aliphatic carboxylic acids is 1. The van der Waals surface area contributed by atoms with Crippen molar-refractivity contribution >= 4 is 15.9 Å². The third kappa shape index (κ3) is 9.27. The van der Waals surface area contributed by atoms with Gasteiger partial charge in [0.2, 0.25) is 0 Å². The van der Waals surface area contributed by atoms with Crippen molar-refractivity contribution in [2.45, 2.75) is 13.0 Å². The van der Waals surface area contributed by atoms with Crippen LogP contribution in [0.2, 0.25) is 0 Å². The van der Waals surface area contributed by atoms with Gasteiger partial charge in [-0.15, -0.1) is 0 Å². The highest BCUT2D eigenvalue weighted by Gasteiger charge is 2.01. The minimum absolute atomic E-state index is 0. The van der Waals surface area contributed by atoms with E-state index in [9.17, 15) is 4.79 Å². The molecule has 0 heterocycles. The van der Waals surface area contributed by atoms with E-state index in [1.54, 1.807) is 0 Å². The van der Waals surface area contributed by atoms with Crippen LogP contribution in [0.25, 0.3) is 0 Å². The molecule has 2 unspecified atom stereocenters. The lowest BCUT2D eigenvalue weighted by molar-refractivity contribution is -0.145. The van der Waals surface area contributed by atoms with Gasteiger partial charge in [-0.1, -0.05) is 0 Å². The molecule has 0 fully saturated rings. The summed E-state index contributed by atoms with van der Waals surface area (Å²) in [5.41, 5.74) is 0. The molecule has 4 nitrogen and oxygen atoms in total. The third-order valence-electron chi connectivity index (χ3n) is 0.357. The lowest BCUT2D eigenvalue weighted by Crippen LogP contribution is -2.13. The van der Waals surface area contributed by atoms with E-state index >= 15 is 0 Å². The average molecular weight is 141 g/mol. The number of aliphatic hydroxyl groups excluding tert-OH is 1. The van der Waals surface area contributed by atoms with Crippen LogP contribution in [0.4, 0.5) is 0 Å². The van der Waals surface area contributed by atoms with Gasteiger partial charge >= 0.3 is 5.97 Å². The number of hydrogen-bond acceptors (Lipinski definition) is 3. The molecule has 0 radical (unpaired) electrons. The van der Waals surface area contributed by atoms with Crippen LogP contribution in [-0.4, -0.2) is 22.3 Å². The van der Waals surface area contributed by atoms with E-state index in [0.717, 1.165) is 0 Å². The van der Waals surface area contributed by atoms with Crippen molar-refractivity contribution in [1.29, 1.82) is 0 Å². The Labute approximate surface area is 51.1 Å². The number of hydrogen-bond donors (Lipinski definition) is 3. The standard InChI is InChI=1S/C3H6O3.H3N.H3P/c1-2(4)3(5)6;;/h2,4H,1H3,(H,5,6);2*1H3. The molecule has 0 aromatic heterocycles. The maximum absolute atomic E-state index is 9.45. The zero-order chi connectivity index (χ0) is 5.15. The zero-order valence-corrected chi connectivity index (χ0v) is 6.21. The Kier molecular flexibility index (Phi) is 13.3. The van der Waals surface area contributed by atoms with Crippen LogP contribution in [0.5, 0.6) is 0 Å². The Morgan fingerprint density at radius 2 is 1.75 bits per heavy atom. The molecule has 0 aromatic rings. The third-order valence-corrected chi connectivity index (χ3v) is 0.357. The van der Waals surface area contributed by atoms with Gasteiger partial charge in [0.25, 0.3) is 0 Å². The summed E-state index contributed by atoms with van der Waals surface area (Å²) in [6, 6.07) is 0. The Bertz CT molecular complexity index is 65.5. The number of aliphatic hydroxyl groups is 1. The van der Waals surface area contributed by atoms with Crippen LogP contribution in [0.3, 0.4) is 0 Å². The summed E-state index contributed by atoms with van der Waals surface area (Å²) in [4.78, 5) is 9.45. The molecular weight excluding hydrogens is 129 g/mol. The number of carboxylic acid groups (broad SMARTS) is 1. The molecule has 0 amide bonds. The zero-order valence-electron chi connectivity index (χ0n) is 4.79. The smallest absolute Gasteiger partial charge is 0.332 e. The highest BCUT2D eigenvalue weighted by atomic mass is 31.0. The van der Waals surface area contributed by atoms with Crippen molar-refractivity contribution < 1.29 is 15.0 Å². The molecule has 8 heavy (non-hydrogen) atoms. The fourth-order valence-corrected chi connectivity index (χ4v) is 0. The van der Waals surface area contributed by atoms with Gasteiger partial charge in [0.15, 0.2) is 0 Å². The minimum Gasteiger partial charge on any atom is -0.479 e. The predicted octanol–water partition coefficient (Wildman–Crippen LogP) is -0.328. The number of carbonyl (C=O) groups is 1. The quantitative estimate of drug-likeness (QED) is 0.436. The van der Waals surface area contributed by atoms with Crippen molar-refractivity contribution in [3.05, 3.63) is 0 Å². The maximum Gasteiger partial charge on any atom is 0.332 e. The molecule has 0 rings (SSSR count). The van der Waals surface area contributed by atoms with E-state index in [1.807, 2.05) is 0 Å². The molecule has 52 valence electrons.